The molecule has 28 heavy (non-hydrogen) atoms. The molecule has 148 valence electrons. The van der Waals surface area contributed by atoms with E-state index in [4.69, 9.17) is 4.74 Å². The van der Waals surface area contributed by atoms with E-state index in [1.165, 1.54) is 0 Å². The van der Waals surface area contributed by atoms with Crippen LogP contribution in [0.3, 0.4) is 0 Å². The molecule has 0 aromatic heterocycles. The predicted octanol–water partition coefficient (Wildman–Crippen LogP) is 2.70. The van der Waals surface area contributed by atoms with Gasteiger partial charge in [0.25, 0.3) is 11.8 Å². The van der Waals surface area contributed by atoms with Gasteiger partial charge >= 0.3 is 0 Å². The number of para-hydroxylation sites is 1. The number of ether oxygens (including phenoxy) is 1. The van der Waals surface area contributed by atoms with Gasteiger partial charge in [0, 0.05) is 25.2 Å². The summed E-state index contributed by atoms with van der Waals surface area (Å²) in [5.74, 6) is -0.395. The van der Waals surface area contributed by atoms with Crippen molar-refractivity contribution >= 4 is 17.5 Å². The molecule has 0 aliphatic carbocycles. The molecule has 2 amide bonds. The summed E-state index contributed by atoms with van der Waals surface area (Å²) in [5, 5.41) is 5.82. The van der Waals surface area contributed by atoms with Gasteiger partial charge in [-0.2, -0.15) is 0 Å². The van der Waals surface area contributed by atoms with Gasteiger partial charge in [0.15, 0.2) is 0 Å². The van der Waals surface area contributed by atoms with Crippen molar-refractivity contribution in [2.24, 2.45) is 0 Å². The number of carbonyl (C=O) groups is 2. The number of carbonyl (C=O) groups excluding carboxylic acids is 2. The zero-order chi connectivity index (χ0) is 19.8. The van der Waals surface area contributed by atoms with Crippen molar-refractivity contribution in [1.29, 1.82) is 0 Å². The first-order valence-electron chi connectivity index (χ1n) is 9.69. The van der Waals surface area contributed by atoms with E-state index in [-0.39, 0.29) is 11.8 Å². The summed E-state index contributed by atoms with van der Waals surface area (Å²) in [7, 11) is 0. The minimum Gasteiger partial charge on any atom is -0.379 e. The van der Waals surface area contributed by atoms with E-state index in [9.17, 15) is 9.59 Å². The van der Waals surface area contributed by atoms with Crippen LogP contribution in [0, 0.1) is 6.92 Å². The first kappa shape index (κ1) is 20.0. The summed E-state index contributed by atoms with van der Waals surface area (Å²) in [4.78, 5) is 27.5. The molecule has 1 fully saturated rings. The Hall–Kier alpha value is -2.70. The summed E-state index contributed by atoms with van der Waals surface area (Å²) < 4.78 is 5.34. The molecule has 2 N–H and O–H groups in total. The van der Waals surface area contributed by atoms with Crippen LogP contribution in [0.15, 0.2) is 48.5 Å². The summed E-state index contributed by atoms with van der Waals surface area (Å²) in [6.07, 6.45) is 0.878. The van der Waals surface area contributed by atoms with Crippen molar-refractivity contribution in [3.8, 4) is 0 Å². The molecule has 0 atom stereocenters. The number of anilines is 1. The summed E-state index contributed by atoms with van der Waals surface area (Å²) in [6.45, 7) is 6.87. The Labute approximate surface area is 165 Å². The molecule has 6 nitrogen and oxygen atoms in total. The van der Waals surface area contributed by atoms with Crippen LogP contribution < -0.4 is 10.6 Å². The second-order valence-corrected chi connectivity index (χ2v) is 6.88. The minimum atomic E-state index is -0.217. The van der Waals surface area contributed by atoms with Crippen molar-refractivity contribution in [1.82, 2.24) is 10.2 Å². The number of rotatable bonds is 7. The van der Waals surface area contributed by atoms with E-state index >= 15 is 0 Å². The van der Waals surface area contributed by atoms with Gasteiger partial charge in [-0.05, 0) is 43.7 Å². The normalized spacial score (nSPS) is 14.5. The Balaban J connectivity index is 1.56. The predicted molar refractivity (Wildman–Crippen MR) is 110 cm³/mol. The van der Waals surface area contributed by atoms with Gasteiger partial charge in [0.2, 0.25) is 0 Å². The highest BCUT2D eigenvalue weighted by Crippen LogP contribution is 2.17. The molecule has 0 saturated carbocycles. The zero-order valence-corrected chi connectivity index (χ0v) is 16.2. The molecule has 0 spiro atoms. The fourth-order valence-electron chi connectivity index (χ4n) is 3.23. The van der Waals surface area contributed by atoms with E-state index in [1.807, 2.05) is 31.2 Å². The van der Waals surface area contributed by atoms with Crippen molar-refractivity contribution in [3.05, 3.63) is 65.2 Å². The lowest BCUT2D eigenvalue weighted by Crippen LogP contribution is -2.38. The van der Waals surface area contributed by atoms with E-state index in [0.29, 0.717) is 23.4 Å². The van der Waals surface area contributed by atoms with Crippen LogP contribution in [-0.2, 0) is 4.74 Å². The quantitative estimate of drug-likeness (QED) is 0.724. The Morgan fingerprint density at radius 1 is 0.964 bits per heavy atom. The van der Waals surface area contributed by atoms with Crippen LogP contribution in [0.25, 0.3) is 0 Å². The molecule has 1 aliphatic heterocycles. The molecule has 2 aromatic rings. The minimum absolute atomic E-state index is 0.178. The third kappa shape index (κ3) is 5.41. The fraction of sp³-hybridized carbons (Fsp3) is 0.364. The number of nitrogens with one attached hydrogen (secondary N) is 2. The highest BCUT2D eigenvalue weighted by Gasteiger charge is 2.15. The number of amides is 2. The van der Waals surface area contributed by atoms with E-state index in [0.717, 1.165) is 44.8 Å². The molecular weight excluding hydrogens is 354 g/mol. The smallest absolute Gasteiger partial charge is 0.255 e. The van der Waals surface area contributed by atoms with Crippen LogP contribution in [-0.4, -0.2) is 56.1 Å². The molecule has 0 radical (unpaired) electrons. The van der Waals surface area contributed by atoms with E-state index in [1.54, 1.807) is 24.3 Å². The lowest BCUT2D eigenvalue weighted by Gasteiger charge is -2.26. The van der Waals surface area contributed by atoms with Crippen LogP contribution in [0.5, 0.6) is 0 Å². The molecule has 3 rings (SSSR count). The van der Waals surface area contributed by atoms with Gasteiger partial charge < -0.3 is 15.4 Å². The van der Waals surface area contributed by atoms with Crippen LogP contribution in [0.4, 0.5) is 5.69 Å². The standard InChI is InChI=1S/C22H27N3O3/c1-17-7-2-3-8-18(17)22(27)24-20-10-5-4-9-19(20)21(26)23-11-6-12-25-13-15-28-16-14-25/h2-5,7-10H,6,11-16H2,1H3,(H,23,26)(H,24,27). The Morgan fingerprint density at radius 3 is 2.39 bits per heavy atom. The number of morpholine rings is 1. The monoisotopic (exact) mass is 381 g/mol. The number of benzene rings is 2. The Bertz CT molecular complexity index is 816. The van der Waals surface area contributed by atoms with Crippen LogP contribution in [0.2, 0.25) is 0 Å². The lowest BCUT2D eigenvalue weighted by molar-refractivity contribution is 0.0374. The van der Waals surface area contributed by atoms with Crippen molar-refractivity contribution in [2.45, 2.75) is 13.3 Å². The summed E-state index contributed by atoms with van der Waals surface area (Å²) in [5.41, 5.74) is 2.48. The number of hydrogen-bond acceptors (Lipinski definition) is 4. The fourth-order valence-corrected chi connectivity index (χ4v) is 3.23. The second kappa shape index (κ2) is 10.0. The third-order valence-electron chi connectivity index (χ3n) is 4.85. The maximum Gasteiger partial charge on any atom is 0.255 e. The van der Waals surface area contributed by atoms with Crippen molar-refractivity contribution in [3.63, 3.8) is 0 Å². The van der Waals surface area contributed by atoms with Gasteiger partial charge in [0.05, 0.1) is 24.5 Å². The highest BCUT2D eigenvalue weighted by molar-refractivity contribution is 6.09. The van der Waals surface area contributed by atoms with Crippen molar-refractivity contribution in [2.75, 3.05) is 44.7 Å². The average molecular weight is 381 g/mol. The molecular formula is C22H27N3O3. The van der Waals surface area contributed by atoms with Gasteiger partial charge in [0.1, 0.15) is 0 Å². The highest BCUT2D eigenvalue weighted by atomic mass is 16.5. The van der Waals surface area contributed by atoms with E-state index in [2.05, 4.69) is 15.5 Å². The molecule has 0 bridgehead atoms. The van der Waals surface area contributed by atoms with Gasteiger partial charge in [-0.1, -0.05) is 30.3 Å². The SMILES string of the molecule is Cc1ccccc1C(=O)Nc1ccccc1C(=O)NCCCN1CCOCC1. The number of hydrogen-bond donors (Lipinski definition) is 2. The van der Waals surface area contributed by atoms with Gasteiger partial charge in [-0.15, -0.1) is 0 Å². The Morgan fingerprint density at radius 2 is 1.64 bits per heavy atom. The maximum atomic E-state index is 12.6. The van der Waals surface area contributed by atoms with Gasteiger partial charge in [-0.25, -0.2) is 0 Å². The lowest BCUT2D eigenvalue weighted by atomic mass is 10.1. The first-order valence-corrected chi connectivity index (χ1v) is 9.69. The molecule has 1 saturated heterocycles. The molecule has 0 unspecified atom stereocenters. The van der Waals surface area contributed by atoms with Crippen LogP contribution >= 0.6 is 0 Å². The molecule has 6 heteroatoms. The summed E-state index contributed by atoms with van der Waals surface area (Å²) in [6, 6.07) is 14.5. The van der Waals surface area contributed by atoms with Crippen LogP contribution in [0.1, 0.15) is 32.7 Å². The maximum absolute atomic E-state index is 12.6. The van der Waals surface area contributed by atoms with Crippen molar-refractivity contribution < 1.29 is 14.3 Å². The third-order valence-corrected chi connectivity index (χ3v) is 4.85. The molecule has 2 aromatic carbocycles. The van der Waals surface area contributed by atoms with Gasteiger partial charge in [-0.3, -0.25) is 14.5 Å². The Kier molecular flexibility index (Phi) is 7.17. The number of nitrogens with zero attached hydrogens (tertiary/aromatic N) is 1. The summed E-state index contributed by atoms with van der Waals surface area (Å²) >= 11 is 0. The topological polar surface area (TPSA) is 70.7 Å². The largest absolute Gasteiger partial charge is 0.379 e. The molecule has 1 aliphatic rings. The number of aryl methyl sites for hydroxylation is 1. The molecule has 1 heterocycles. The van der Waals surface area contributed by atoms with E-state index < -0.39 is 0 Å². The zero-order valence-electron chi connectivity index (χ0n) is 16.2. The average Bonchev–Trinajstić information content (AvgIpc) is 2.72. The first-order chi connectivity index (χ1) is 13.6. The second-order valence-electron chi connectivity index (χ2n) is 6.88.